The van der Waals surface area contributed by atoms with E-state index in [9.17, 15) is 14.0 Å². The monoisotopic (exact) mass is 476 g/mol. The average molecular weight is 477 g/mol. The maximum Gasteiger partial charge on any atom is 0.315 e. The lowest BCUT2D eigenvalue weighted by Crippen LogP contribution is -2.46. The summed E-state index contributed by atoms with van der Waals surface area (Å²) < 4.78 is 12.7. The molecule has 3 aromatic carbocycles. The molecule has 3 amide bonds. The minimum Gasteiger partial charge on any atom is -0.338 e. The third-order valence-corrected chi connectivity index (χ3v) is 5.62. The van der Waals surface area contributed by atoms with Crippen LogP contribution in [0.25, 0.3) is 0 Å². The van der Waals surface area contributed by atoms with E-state index in [4.69, 9.17) is 0 Å². The summed E-state index contributed by atoms with van der Waals surface area (Å²) in [5.74, 6) is -0.330. The Balaban J connectivity index is 0.000000203. The van der Waals surface area contributed by atoms with Crippen molar-refractivity contribution in [2.24, 2.45) is 0 Å². The molecule has 0 saturated carbocycles. The summed E-state index contributed by atoms with van der Waals surface area (Å²) in [5, 5.41) is 8.99. The molecular formula is C28H33FN4O2. The molecule has 1 atom stereocenters. The molecule has 0 spiro atoms. The van der Waals surface area contributed by atoms with Crippen molar-refractivity contribution in [1.82, 2.24) is 20.9 Å². The molecule has 1 aliphatic rings. The molecule has 0 bridgehead atoms. The maximum atomic E-state index is 12.7. The van der Waals surface area contributed by atoms with Crippen molar-refractivity contribution in [3.8, 4) is 0 Å². The van der Waals surface area contributed by atoms with Gasteiger partial charge in [0.2, 0.25) is 0 Å². The lowest BCUT2D eigenvalue weighted by molar-refractivity contribution is 0.0735. The van der Waals surface area contributed by atoms with Crippen molar-refractivity contribution in [2.45, 2.75) is 19.4 Å². The smallest absolute Gasteiger partial charge is 0.315 e. The molecule has 1 aliphatic heterocycles. The van der Waals surface area contributed by atoms with Gasteiger partial charge in [0.15, 0.2) is 0 Å². The number of nitrogens with one attached hydrogen (secondary N) is 3. The van der Waals surface area contributed by atoms with Gasteiger partial charge in [-0.25, -0.2) is 9.18 Å². The van der Waals surface area contributed by atoms with E-state index in [-0.39, 0.29) is 23.8 Å². The largest absolute Gasteiger partial charge is 0.338 e. The predicted molar refractivity (Wildman–Crippen MR) is 137 cm³/mol. The van der Waals surface area contributed by atoms with Gasteiger partial charge in [-0.2, -0.15) is 0 Å². The SMILES string of the molecule is CCNC(=O)NC(Cc1ccccc1)c1ccccc1.O=C(c1ccc(F)cc1)N1CCNCC1. The molecule has 0 radical (unpaired) electrons. The third kappa shape index (κ3) is 8.54. The van der Waals surface area contributed by atoms with Crippen LogP contribution < -0.4 is 16.0 Å². The van der Waals surface area contributed by atoms with E-state index < -0.39 is 0 Å². The Hall–Kier alpha value is -3.71. The highest BCUT2D eigenvalue weighted by molar-refractivity contribution is 5.94. The fraction of sp³-hybridized carbons (Fsp3) is 0.286. The Morgan fingerprint density at radius 1 is 0.914 bits per heavy atom. The Morgan fingerprint density at radius 2 is 1.51 bits per heavy atom. The molecule has 35 heavy (non-hydrogen) atoms. The van der Waals surface area contributed by atoms with Crippen LogP contribution in [-0.4, -0.2) is 49.6 Å². The van der Waals surface area contributed by atoms with E-state index in [1.54, 1.807) is 4.90 Å². The molecule has 6 nitrogen and oxygen atoms in total. The van der Waals surface area contributed by atoms with Crippen LogP contribution in [0.1, 0.15) is 34.5 Å². The third-order valence-electron chi connectivity index (χ3n) is 5.62. The zero-order valence-electron chi connectivity index (χ0n) is 20.0. The van der Waals surface area contributed by atoms with Crippen LogP contribution in [-0.2, 0) is 6.42 Å². The summed E-state index contributed by atoms with van der Waals surface area (Å²) in [7, 11) is 0. The first kappa shape index (κ1) is 25.9. The number of carbonyl (C=O) groups is 2. The highest BCUT2D eigenvalue weighted by Gasteiger charge is 2.17. The molecule has 0 aromatic heterocycles. The van der Waals surface area contributed by atoms with Gasteiger partial charge in [-0.3, -0.25) is 4.79 Å². The van der Waals surface area contributed by atoms with E-state index in [0.717, 1.165) is 38.2 Å². The number of piperazine rings is 1. The summed E-state index contributed by atoms with van der Waals surface area (Å²) in [6.07, 6.45) is 0.780. The first-order valence-electron chi connectivity index (χ1n) is 12.0. The first-order valence-corrected chi connectivity index (χ1v) is 12.0. The minimum absolute atomic E-state index is 0.0171. The summed E-state index contributed by atoms with van der Waals surface area (Å²) in [5.41, 5.74) is 2.87. The normalized spacial score (nSPS) is 13.7. The number of rotatable bonds is 6. The van der Waals surface area contributed by atoms with Crippen LogP contribution >= 0.6 is 0 Å². The molecule has 4 rings (SSSR count). The number of urea groups is 1. The second kappa shape index (κ2) is 13.9. The van der Waals surface area contributed by atoms with Gasteiger partial charge in [0, 0.05) is 38.3 Å². The minimum atomic E-state index is -0.313. The van der Waals surface area contributed by atoms with Crippen LogP contribution in [0, 0.1) is 5.82 Å². The fourth-order valence-electron chi connectivity index (χ4n) is 3.80. The molecule has 3 N–H and O–H groups in total. The number of halogens is 1. The zero-order valence-corrected chi connectivity index (χ0v) is 20.0. The Morgan fingerprint density at radius 3 is 2.11 bits per heavy atom. The van der Waals surface area contributed by atoms with E-state index in [1.165, 1.54) is 29.8 Å². The van der Waals surface area contributed by atoms with Crippen molar-refractivity contribution in [3.63, 3.8) is 0 Å². The van der Waals surface area contributed by atoms with E-state index in [0.29, 0.717) is 12.1 Å². The lowest BCUT2D eigenvalue weighted by atomic mass is 9.99. The number of carbonyl (C=O) groups excluding carboxylic acids is 2. The van der Waals surface area contributed by atoms with Crippen LogP contribution in [0.2, 0.25) is 0 Å². The quantitative estimate of drug-likeness (QED) is 0.500. The Kier molecular flexibility index (Phi) is 10.3. The molecule has 184 valence electrons. The summed E-state index contributed by atoms with van der Waals surface area (Å²) in [6, 6.07) is 25.8. The van der Waals surface area contributed by atoms with E-state index in [1.807, 2.05) is 55.5 Å². The molecule has 1 fully saturated rings. The fourth-order valence-corrected chi connectivity index (χ4v) is 3.80. The lowest BCUT2D eigenvalue weighted by Gasteiger charge is -2.27. The van der Waals surface area contributed by atoms with Crippen molar-refractivity contribution in [2.75, 3.05) is 32.7 Å². The zero-order chi connectivity index (χ0) is 24.9. The van der Waals surface area contributed by atoms with Crippen molar-refractivity contribution >= 4 is 11.9 Å². The van der Waals surface area contributed by atoms with Gasteiger partial charge in [0.25, 0.3) is 5.91 Å². The van der Waals surface area contributed by atoms with Crippen LogP contribution in [0.4, 0.5) is 9.18 Å². The second-order valence-corrected chi connectivity index (χ2v) is 8.21. The molecule has 1 heterocycles. The summed E-state index contributed by atoms with van der Waals surface area (Å²) in [6.45, 7) is 5.62. The molecule has 1 unspecified atom stereocenters. The number of hydrogen-bond acceptors (Lipinski definition) is 3. The maximum absolute atomic E-state index is 12.7. The predicted octanol–water partition coefficient (Wildman–Crippen LogP) is 4.16. The number of nitrogens with zero attached hydrogens (tertiary/aromatic N) is 1. The van der Waals surface area contributed by atoms with Crippen LogP contribution in [0.5, 0.6) is 0 Å². The standard InChI is InChI=1S/C17H20N2O.C11H13FN2O/c1-2-18-17(20)19-16(15-11-7-4-8-12-15)13-14-9-5-3-6-10-14;12-10-3-1-9(2-4-10)11(15)14-7-5-13-6-8-14/h3-12,16H,2,13H2,1H3,(H2,18,19,20);1-4,13H,5-8H2. The van der Waals surface area contributed by atoms with Crippen molar-refractivity contribution in [1.29, 1.82) is 0 Å². The summed E-state index contributed by atoms with van der Waals surface area (Å²) in [4.78, 5) is 25.5. The van der Waals surface area contributed by atoms with Crippen molar-refractivity contribution < 1.29 is 14.0 Å². The van der Waals surface area contributed by atoms with Gasteiger partial charge in [0.05, 0.1) is 6.04 Å². The van der Waals surface area contributed by atoms with Crippen LogP contribution in [0.3, 0.4) is 0 Å². The van der Waals surface area contributed by atoms with E-state index >= 15 is 0 Å². The van der Waals surface area contributed by atoms with Gasteiger partial charge in [-0.1, -0.05) is 60.7 Å². The van der Waals surface area contributed by atoms with Gasteiger partial charge >= 0.3 is 6.03 Å². The Labute approximate surface area is 206 Å². The summed E-state index contributed by atoms with van der Waals surface area (Å²) >= 11 is 0. The molecular weight excluding hydrogens is 443 g/mol. The van der Waals surface area contributed by atoms with Gasteiger partial charge in [-0.15, -0.1) is 0 Å². The van der Waals surface area contributed by atoms with Gasteiger partial charge in [-0.05, 0) is 48.7 Å². The molecule has 1 saturated heterocycles. The van der Waals surface area contributed by atoms with Crippen molar-refractivity contribution in [3.05, 3.63) is 107 Å². The van der Waals surface area contributed by atoms with Crippen LogP contribution in [0.15, 0.2) is 84.9 Å². The van der Waals surface area contributed by atoms with E-state index in [2.05, 4.69) is 28.1 Å². The highest BCUT2D eigenvalue weighted by Crippen LogP contribution is 2.18. The van der Waals surface area contributed by atoms with Gasteiger partial charge in [0.1, 0.15) is 5.82 Å². The number of hydrogen-bond donors (Lipinski definition) is 3. The number of amides is 3. The molecule has 0 aliphatic carbocycles. The average Bonchev–Trinajstić information content (AvgIpc) is 2.90. The highest BCUT2D eigenvalue weighted by atomic mass is 19.1. The molecule has 3 aromatic rings. The topological polar surface area (TPSA) is 73.5 Å². The molecule has 7 heteroatoms. The number of benzene rings is 3. The second-order valence-electron chi connectivity index (χ2n) is 8.21. The first-order chi connectivity index (χ1) is 17.1. The van der Waals surface area contributed by atoms with Gasteiger partial charge < -0.3 is 20.9 Å². The Bertz CT molecular complexity index is 1040.